The summed E-state index contributed by atoms with van der Waals surface area (Å²) in [5.41, 5.74) is 0.841. The van der Waals surface area contributed by atoms with Crippen molar-refractivity contribution in [3.63, 3.8) is 0 Å². The summed E-state index contributed by atoms with van der Waals surface area (Å²) < 4.78 is 6.43. The van der Waals surface area contributed by atoms with Gasteiger partial charge in [-0.1, -0.05) is 67.6 Å². The zero-order chi connectivity index (χ0) is 25.3. The molecular weight excluding hydrogens is 458 g/mol. The molecular formula is C28H33N3O5. The van der Waals surface area contributed by atoms with E-state index in [-0.39, 0.29) is 24.3 Å². The van der Waals surface area contributed by atoms with E-state index < -0.39 is 35.6 Å². The van der Waals surface area contributed by atoms with Crippen LogP contribution in [0.1, 0.15) is 37.3 Å². The molecule has 190 valence electrons. The zero-order valence-electron chi connectivity index (χ0n) is 20.4. The number of aliphatic hydroxyl groups is 1. The molecule has 3 heterocycles. The number of ether oxygens (including phenoxy) is 1. The lowest BCUT2D eigenvalue weighted by Gasteiger charge is -2.36. The van der Waals surface area contributed by atoms with Crippen LogP contribution in [0.15, 0.2) is 60.7 Å². The van der Waals surface area contributed by atoms with Gasteiger partial charge in [-0.25, -0.2) is 0 Å². The summed E-state index contributed by atoms with van der Waals surface area (Å²) in [4.78, 5) is 42.4. The Morgan fingerprint density at radius 3 is 2.17 bits per heavy atom. The third kappa shape index (κ3) is 4.08. The molecule has 3 aliphatic heterocycles. The molecule has 2 bridgehead atoms. The standard InChI is InChI=1S/C28H33N3O5/c1-2-20(17-32)31-24(26(34)30-16-19-11-7-4-8-12-19)28-14-13-21(36-28)22(23(28)27(31)35)25(33)29-15-18-9-5-3-6-10-18/h3-12,20-24,32H,2,13-17H2,1H3,(H,29,33)(H,30,34)/t20-,21-,22+,23-,24?,28?/m0/s1. The number of hydrogen-bond acceptors (Lipinski definition) is 5. The molecule has 3 amide bonds. The molecule has 5 rings (SSSR count). The molecule has 6 atom stereocenters. The summed E-state index contributed by atoms with van der Waals surface area (Å²) >= 11 is 0. The second kappa shape index (κ2) is 10.0. The van der Waals surface area contributed by atoms with E-state index in [2.05, 4.69) is 10.6 Å². The van der Waals surface area contributed by atoms with Gasteiger partial charge >= 0.3 is 0 Å². The highest BCUT2D eigenvalue weighted by Crippen LogP contribution is 2.58. The molecule has 0 radical (unpaired) electrons. The molecule has 0 aromatic heterocycles. The van der Waals surface area contributed by atoms with Gasteiger partial charge in [0, 0.05) is 13.1 Å². The fraction of sp³-hybridized carbons (Fsp3) is 0.464. The summed E-state index contributed by atoms with van der Waals surface area (Å²) in [5, 5.41) is 16.0. The number of aliphatic hydroxyl groups excluding tert-OH is 1. The minimum Gasteiger partial charge on any atom is -0.394 e. The van der Waals surface area contributed by atoms with Gasteiger partial charge in [0.15, 0.2) is 0 Å². The normalized spacial score (nSPS) is 29.2. The lowest BCUT2D eigenvalue weighted by molar-refractivity contribution is -0.145. The maximum atomic E-state index is 13.9. The van der Waals surface area contributed by atoms with Gasteiger partial charge in [0.2, 0.25) is 17.7 Å². The van der Waals surface area contributed by atoms with Gasteiger partial charge in [0.05, 0.1) is 30.6 Å². The smallest absolute Gasteiger partial charge is 0.246 e. The van der Waals surface area contributed by atoms with Crippen LogP contribution >= 0.6 is 0 Å². The molecule has 1 spiro atoms. The lowest BCUT2D eigenvalue weighted by atomic mass is 9.70. The average Bonchev–Trinajstić information content (AvgIpc) is 3.56. The first kappa shape index (κ1) is 24.5. The maximum Gasteiger partial charge on any atom is 0.246 e. The van der Waals surface area contributed by atoms with Gasteiger partial charge in [-0.05, 0) is 30.4 Å². The summed E-state index contributed by atoms with van der Waals surface area (Å²) in [6, 6.07) is 17.7. The van der Waals surface area contributed by atoms with Crippen molar-refractivity contribution in [1.29, 1.82) is 0 Å². The van der Waals surface area contributed by atoms with Crippen LogP contribution in [-0.2, 0) is 32.2 Å². The molecule has 3 N–H and O–H groups in total. The first-order valence-electron chi connectivity index (χ1n) is 12.7. The van der Waals surface area contributed by atoms with E-state index in [1.807, 2.05) is 67.6 Å². The Balaban J connectivity index is 1.41. The van der Waals surface area contributed by atoms with Crippen LogP contribution in [0.3, 0.4) is 0 Å². The van der Waals surface area contributed by atoms with Gasteiger partial charge in [0.1, 0.15) is 11.6 Å². The van der Waals surface area contributed by atoms with Gasteiger partial charge in [-0.2, -0.15) is 0 Å². The van der Waals surface area contributed by atoms with Gasteiger partial charge < -0.3 is 25.4 Å². The minimum absolute atomic E-state index is 0.230. The highest BCUT2D eigenvalue weighted by molar-refractivity contribution is 5.99. The number of nitrogens with zero attached hydrogens (tertiary/aromatic N) is 1. The van der Waals surface area contributed by atoms with E-state index in [9.17, 15) is 19.5 Å². The van der Waals surface area contributed by atoms with Crippen molar-refractivity contribution >= 4 is 17.7 Å². The third-order valence-electron chi connectivity index (χ3n) is 7.98. The highest BCUT2D eigenvalue weighted by Gasteiger charge is 2.74. The number of carbonyl (C=O) groups excluding carboxylic acids is 3. The summed E-state index contributed by atoms with van der Waals surface area (Å²) in [5.74, 6) is -2.24. The number of likely N-dealkylation sites (tertiary alicyclic amines) is 1. The molecule has 3 fully saturated rings. The minimum atomic E-state index is -1.07. The predicted octanol–water partition coefficient (Wildman–Crippen LogP) is 1.76. The number of amides is 3. The fourth-order valence-corrected chi connectivity index (χ4v) is 6.28. The van der Waals surface area contributed by atoms with Crippen LogP contribution in [0.5, 0.6) is 0 Å². The van der Waals surface area contributed by atoms with E-state index in [0.29, 0.717) is 32.4 Å². The molecule has 0 aliphatic carbocycles. The second-order valence-corrected chi connectivity index (χ2v) is 9.95. The lowest BCUT2D eigenvalue weighted by Crippen LogP contribution is -2.57. The molecule has 2 unspecified atom stereocenters. The number of hydrogen-bond donors (Lipinski definition) is 3. The zero-order valence-corrected chi connectivity index (χ0v) is 20.4. The first-order valence-corrected chi connectivity index (χ1v) is 12.7. The van der Waals surface area contributed by atoms with Crippen LogP contribution in [0.25, 0.3) is 0 Å². The molecule has 8 nitrogen and oxygen atoms in total. The van der Waals surface area contributed by atoms with Crippen LogP contribution in [0, 0.1) is 11.8 Å². The van der Waals surface area contributed by atoms with Crippen molar-refractivity contribution in [3.05, 3.63) is 71.8 Å². The Labute approximate surface area is 211 Å². The summed E-state index contributed by atoms with van der Waals surface area (Å²) in [6.45, 7) is 2.29. The Morgan fingerprint density at radius 1 is 1.03 bits per heavy atom. The highest BCUT2D eigenvalue weighted by atomic mass is 16.5. The monoisotopic (exact) mass is 491 g/mol. The van der Waals surface area contributed by atoms with Crippen LogP contribution in [0.4, 0.5) is 0 Å². The summed E-state index contributed by atoms with van der Waals surface area (Å²) in [7, 11) is 0. The molecule has 0 saturated carbocycles. The largest absolute Gasteiger partial charge is 0.394 e. The quantitative estimate of drug-likeness (QED) is 0.496. The third-order valence-corrected chi connectivity index (χ3v) is 7.98. The molecule has 36 heavy (non-hydrogen) atoms. The van der Waals surface area contributed by atoms with Gasteiger partial charge in [-0.15, -0.1) is 0 Å². The maximum absolute atomic E-state index is 13.9. The van der Waals surface area contributed by atoms with Crippen molar-refractivity contribution in [2.75, 3.05) is 6.61 Å². The van der Waals surface area contributed by atoms with E-state index in [1.165, 1.54) is 4.90 Å². The van der Waals surface area contributed by atoms with Gasteiger partial charge in [0.25, 0.3) is 0 Å². The number of nitrogens with one attached hydrogen (secondary N) is 2. The predicted molar refractivity (Wildman–Crippen MR) is 132 cm³/mol. The van der Waals surface area contributed by atoms with E-state index in [1.54, 1.807) is 0 Å². The van der Waals surface area contributed by atoms with Crippen LogP contribution in [0.2, 0.25) is 0 Å². The fourth-order valence-electron chi connectivity index (χ4n) is 6.28. The van der Waals surface area contributed by atoms with Gasteiger partial charge in [-0.3, -0.25) is 14.4 Å². The number of carbonyl (C=O) groups is 3. The topological polar surface area (TPSA) is 108 Å². The number of benzene rings is 2. The van der Waals surface area contributed by atoms with Crippen molar-refractivity contribution in [2.45, 2.75) is 63.1 Å². The second-order valence-electron chi connectivity index (χ2n) is 9.95. The average molecular weight is 492 g/mol. The Bertz CT molecular complexity index is 1110. The van der Waals surface area contributed by atoms with Crippen molar-refractivity contribution in [2.24, 2.45) is 11.8 Å². The van der Waals surface area contributed by atoms with E-state index >= 15 is 0 Å². The van der Waals surface area contributed by atoms with Crippen molar-refractivity contribution in [1.82, 2.24) is 15.5 Å². The van der Waals surface area contributed by atoms with E-state index in [0.717, 1.165) is 11.1 Å². The van der Waals surface area contributed by atoms with Crippen LogP contribution in [-0.4, -0.2) is 58.1 Å². The number of rotatable bonds is 9. The van der Waals surface area contributed by atoms with Crippen molar-refractivity contribution in [3.8, 4) is 0 Å². The molecule has 2 aromatic rings. The Hall–Kier alpha value is -3.23. The first-order chi connectivity index (χ1) is 17.5. The van der Waals surface area contributed by atoms with Crippen molar-refractivity contribution < 1.29 is 24.2 Å². The Morgan fingerprint density at radius 2 is 1.61 bits per heavy atom. The molecule has 3 aliphatic rings. The van der Waals surface area contributed by atoms with E-state index in [4.69, 9.17) is 4.74 Å². The molecule has 2 aromatic carbocycles. The molecule has 3 saturated heterocycles. The number of fused-ring (bicyclic) bond motifs is 1. The summed E-state index contributed by atoms with van der Waals surface area (Å²) in [6.07, 6.45) is 1.22. The Kier molecular flexibility index (Phi) is 6.81. The SMILES string of the molecule is CC[C@@H](CO)N1C(=O)[C@@H]2[C@H](C(=O)NCc3ccccc3)[C@@H]3CCC2(O3)C1C(=O)NCc1ccccc1. The van der Waals surface area contributed by atoms with Crippen LogP contribution < -0.4 is 10.6 Å². The molecule has 8 heteroatoms.